The molecule has 11 heteroatoms. The minimum atomic E-state index is -4.42. The highest BCUT2D eigenvalue weighted by Gasteiger charge is 2.30. The summed E-state index contributed by atoms with van der Waals surface area (Å²) >= 11 is 1.14. The predicted molar refractivity (Wildman–Crippen MR) is 110 cm³/mol. The molecular formula is C20H15F3N6OS. The lowest BCUT2D eigenvalue weighted by molar-refractivity contribution is -0.137. The number of aryl methyl sites for hydroxylation is 1. The van der Waals surface area contributed by atoms with Crippen molar-refractivity contribution in [2.75, 3.05) is 11.1 Å². The Labute approximate surface area is 178 Å². The van der Waals surface area contributed by atoms with Crippen molar-refractivity contribution in [1.29, 1.82) is 0 Å². The Hall–Kier alpha value is -3.47. The summed E-state index contributed by atoms with van der Waals surface area (Å²) in [5.41, 5.74) is 2.36. The first-order valence-electron chi connectivity index (χ1n) is 9.04. The van der Waals surface area contributed by atoms with E-state index in [1.54, 1.807) is 4.68 Å². The van der Waals surface area contributed by atoms with E-state index in [-0.39, 0.29) is 17.3 Å². The summed E-state index contributed by atoms with van der Waals surface area (Å²) in [6.45, 7) is 1.98. The molecule has 0 aliphatic heterocycles. The molecule has 4 rings (SSSR count). The van der Waals surface area contributed by atoms with Gasteiger partial charge in [0, 0.05) is 5.69 Å². The molecule has 0 spiro atoms. The molecule has 0 atom stereocenters. The lowest BCUT2D eigenvalue weighted by atomic mass is 10.2. The molecule has 7 nitrogen and oxygen atoms in total. The van der Waals surface area contributed by atoms with Gasteiger partial charge in [0.2, 0.25) is 5.91 Å². The zero-order valence-corrected chi connectivity index (χ0v) is 16.9. The van der Waals surface area contributed by atoms with Gasteiger partial charge in [0.1, 0.15) is 11.4 Å². The Morgan fingerprint density at radius 1 is 1.06 bits per heavy atom. The quantitative estimate of drug-likeness (QED) is 0.366. The second-order valence-corrected chi connectivity index (χ2v) is 7.56. The van der Waals surface area contributed by atoms with Gasteiger partial charge in [-0.2, -0.15) is 17.9 Å². The lowest BCUT2D eigenvalue weighted by Gasteiger charge is -2.08. The second-order valence-electron chi connectivity index (χ2n) is 6.60. The Kier molecular flexibility index (Phi) is 5.59. The number of benzene rings is 2. The van der Waals surface area contributed by atoms with Gasteiger partial charge in [-0.1, -0.05) is 34.7 Å². The molecule has 0 saturated heterocycles. The highest BCUT2D eigenvalue weighted by molar-refractivity contribution is 8.00. The van der Waals surface area contributed by atoms with Gasteiger partial charge in [0.25, 0.3) is 0 Å². The lowest BCUT2D eigenvalue weighted by Crippen LogP contribution is -2.14. The Bertz CT molecular complexity index is 1220. The Balaban J connectivity index is 1.45. The molecule has 2 aromatic carbocycles. The number of fused-ring (bicyclic) bond motifs is 1. The van der Waals surface area contributed by atoms with Crippen molar-refractivity contribution in [2.24, 2.45) is 0 Å². The van der Waals surface area contributed by atoms with Crippen LogP contribution in [0.4, 0.5) is 18.9 Å². The number of rotatable bonds is 5. The summed E-state index contributed by atoms with van der Waals surface area (Å²) < 4.78 is 39.5. The number of hydrogen-bond acceptors (Lipinski definition) is 6. The van der Waals surface area contributed by atoms with Crippen molar-refractivity contribution >= 4 is 34.5 Å². The molecule has 0 saturated carbocycles. The fourth-order valence-corrected chi connectivity index (χ4v) is 3.50. The molecule has 0 fully saturated rings. The van der Waals surface area contributed by atoms with Crippen LogP contribution in [0.3, 0.4) is 0 Å². The van der Waals surface area contributed by atoms with Crippen molar-refractivity contribution in [2.45, 2.75) is 18.1 Å². The summed E-state index contributed by atoms with van der Waals surface area (Å²) in [4.78, 5) is 20.6. The SMILES string of the molecule is Cc1ccc(-n2nnc3c(SCC(=O)Nc4ccc(C(F)(F)F)cc4)ncnc32)cc1. The normalized spacial score (nSPS) is 11.6. The summed E-state index contributed by atoms with van der Waals surface area (Å²) in [6.07, 6.45) is -3.06. The highest BCUT2D eigenvalue weighted by Crippen LogP contribution is 2.30. The minimum Gasteiger partial charge on any atom is -0.325 e. The van der Waals surface area contributed by atoms with E-state index >= 15 is 0 Å². The van der Waals surface area contributed by atoms with Crippen molar-refractivity contribution < 1.29 is 18.0 Å². The minimum absolute atomic E-state index is 0.00940. The van der Waals surface area contributed by atoms with Crippen LogP contribution in [0.25, 0.3) is 16.9 Å². The average molecular weight is 444 g/mol. The highest BCUT2D eigenvalue weighted by atomic mass is 32.2. The third-order valence-electron chi connectivity index (χ3n) is 4.32. The topological polar surface area (TPSA) is 85.6 Å². The summed E-state index contributed by atoms with van der Waals surface area (Å²) in [5, 5.41) is 11.3. The maximum Gasteiger partial charge on any atom is 0.416 e. The van der Waals surface area contributed by atoms with E-state index < -0.39 is 11.7 Å². The number of thioether (sulfide) groups is 1. The largest absolute Gasteiger partial charge is 0.416 e. The molecule has 2 heterocycles. The van der Waals surface area contributed by atoms with Gasteiger partial charge in [0.15, 0.2) is 11.2 Å². The van der Waals surface area contributed by atoms with Crippen LogP contribution in [-0.2, 0) is 11.0 Å². The summed E-state index contributed by atoms with van der Waals surface area (Å²) in [6, 6.07) is 11.9. The van der Waals surface area contributed by atoms with Crippen LogP contribution in [0, 0.1) is 6.92 Å². The number of anilines is 1. The number of amides is 1. The number of carbonyl (C=O) groups is 1. The molecule has 0 aliphatic rings. The first-order chi connectivity index (χ1) is 14.8. The summed E-state index contributed by atoms with van der Waals surface area (Å²) in [7, 11) is 0. The van der Waals surface area contributed by atoms with Crippen molar-refractivity contribution in [3.05, 3.63) is 66.0 Å². The number of alkyl halides is 3. The zero-order valence-electron chi connectivity index (χ0n) is 16.1. The molecule has 0 unspecified atom stereocenters. The van der Waals surface area contributed by atoms with Crippen LogP contribution >= 0.6 is 11.8 Å². The third kappa shape index (κ3) is 4.66. The molecule has 2 aromatic heterocycles. The van der Waals surface area contributed by atoms with Crippen molar-refractivity contribution in [3.8, 4) is 5.69 Å². The maximum absolute atomic E-state index is 12.6. The molecular weight excluding hydrogens is 429 g/mol. The predicted octanol–water partition coefficient (Wildman–Crippen LogP) is 4.27. The van der Waals surface area contributed by atoms with Crippen molar-refractivity contribution in [3.63, 3.8) is 0 Å². The van der Waals surface area contributed by atoms with Crippen LogP contribution in [0.2, 0.25) is 0 Å². The van der Waals surface area contributed by atoms with Gasteiger partial charge in [-0.3, -0.25) is 4.79 Å². The van der Waals surface area contributed by atoms with Gasteiger partial charge in [0.05, 0.1) is 17.0 Å². The number of nitrogens with one attached hydrogen (secondary N) is 1. The van der Waals surface area contributed by atoms with Gasteiger partial charge in [-0.25, -0.2) is 9.97 Å². The van der Waals surface area contributed by atoms with E-state index in [0.29, 0.717) is 16.2 Å². The smallest absolute Gasteiger partial charge is 0.325 e. The molecule has 0 aliphatic carbocycles. The monoisotopic (exact) mass is 444 g/mol. The molecule has 1 N–H and O–H groups in total. The third-order valence-corrected chi connectivity index (χ3v) is 5.30. The van der Waals surface area contributed by atoms with Gasteiger partial charge in [-0.15, -0.1) is 5.10 Å². The first kappa shape index (κ1) is 20.8. The maximum atomic E-state index is 12.6. The van der Waals surface area contributed by atoms with Gasteiger partial charge >= 0.3 is 6.18 Å². The molecule has 0 bridgehead atoms. The molecule has 1 amide bonds. The fourth-order valence-electron chi connectivity index (χ4n) is 2.77. The molecule has 0 radical (unpaired) electrons. The van der Waals surface area contributed by atoms with Crippen LogP contribution in [0.15, 0.2) is 59.9 Å². The Morgan fingerprint density at radius 2 is 1.77 bits per heavy atom. The van der Waals surface area contributed by atoms with Crippen LogP contribution < -0.4 is 5.32 Å². The average Bonchev–Trinajstić information content (AvgIpc) is 3.17. The van der Waals surface area contributed by atoms with E-state index in [0.717, 1.165) is 35.1 Å². The van der Waals surface area contributed by atoms with E-state index in [1.165, 1.54) is 18.5 Å². The van der Waals surface area contributed by atoms with Gasteiger partial charge in [-0.05, 0) is 43.3 Å². The van der Waals surface area contributed by atoms with E-state index in [9.17, 15) is 18.0 Å². The zero-order chi connectivity index (χ0) is 22.0. The molecule has 4 aromatic rings. The second kappa shape index (κ2) is 8.34. The molecule has 158 valence electrons. The number of halogens is 3. The first-order valence-corrected chi connectivity index (χ1v) is 10.0. The van der Waals surface area contributed by atoms with Crippen LogP contribution in [0.1, 0.15) is 11.1 Å². The Morgan fingerprint density at radius 3 is 2.45 bits per heavy atom. The number of hydrogen-bond donors (Lipinski definition) is 1. The van der Waals surface area contributed by atoms with Crippen LogP contribution in [-0.4, -0.2) is 36.6 Å². The molecule has 31 heavy (non-hydrogen) atoms. The van der Waals surface area contributed by atoms with Crippen LogP contribution in [0.5, 0.6) is 0 Å². The summed E-state index contributed by atoms with van der Waals surface area (Å²) in [5.74, 6) is -0.396. The van der Waals surface area contributed by atoms with E-state index in [2.05, 4.69) is 25.6 Å². The number of aromatic nitrogens is 5. The number of nitrogens with zero attached hydrogens (tertiary/aromatic N) is 5. The number of carbonyl (C=O) groups excluding carboxylic acids is 1. The van der Waals surface area contributed by atoms with E-state index in [4.69, 9.17) is 0 Å². The van der Waals surface area contributed by atoms with Gasteiger partial charge < -0.3 is 5.32 Å². The fraction of sp³-hybridized carbons (Fsp3) is 0.150. The van der Waals surface area contributed by atoms with Crippen molar-refractivity contribution in [1.82, 2.24) is 25.0 Å². The van der Waals surface area contributed by atoms with E-state index in [1.807, 2.05) is 31.2 Å². The standard InChI is InChI=1S/C20H15F3N6OS/c1-12-2-8-15(9-3-12)29-18-17(27-28-29)19(25-11-24-18)31-10-16(30)26-14-6-4-13(5-7-14)20(21,22)23/h2-9,11H,10H2,1H3,(H,26,30).